The van der Waals surface area contributed by atoms with Crippen molar-refractivity contribution in [2.24, 2.45) is 7.05 Å². The van der Waals surface area contributed by atoms with Gasteiger partial charge in [0.15, 0.2) is 10.9 Å². The molecule has 0 aliphatic carbocycles. The molecule has 0 aliphatic rings. The fourth-order valence-corrected chi connectivity index (χ4v) is 5.45. The van der Waals surface area contributed by atoms with Gasteiger partial charge in [0.2, 0.25) is 0 Å². The number of thiophene rings is 1. The van der Waals surface area contributed by atoms with Crippen LogP contribution in [0.1, 0.15) is 51.0 Å². The van der Waals surface area contributed by atoms with Gasteiger partial charge in [-0.25, -0.2) is 0 Å². The molecular weight excluding hydrogens is 424 g/mol. The first-order valence-electron chi connectivity index (χ1n) is 10.3. The molecular formula is C24H26N4OS2. The van der Waals surface area contributed by atoms with E-state index >= 15 is 0 Å². The molecule has 0 saturated carbocycles. The third-order valence-electron chi connectivity index (χ3n) is 5.62. The number of aryl methyl sites for hydroxylation is 1. The van der Waals surface area contributed by atoms with Gasteiger partial charge in [0, 0.05) is 35.3 Å². The molecule has 7 heteroatoms. The first kappa shape index (κ1) is 21.6. The van der Waals surface area contributed by atoms with E-state index in [0.29, 0.717) is 5.75 Å². The first-order valence-corrected chi connectivity index (χ1v) is 12.1. The molecule has 4 rings (SSSR count). The number of hydrogen-bond acceptors (Lipinski definition) is 5. The highest BCUT2D eigenvalue weighted by atomic mass is 32.2. The fourth-order valence-electron chi connectivity index (χ4n) is 3.94. The Bertz CT molecular complexity index is 1180. The summed E-state index contributed by atoms with van der Waals surface area (Å²) in [5.41, 5.74) is 4.12. The van der Waals surface area contributed by atoms with Gasteiger partial charge in [-0.1, -0.05) is 48.2 Å². The Labute approximate surface area is 191 Å². The van der Waals surface area contributed by atoms with Crippen molar-refractivity contribution < 1.29 is 4.79 Å². The topological polar surface area (TPSA) is 52.7 Å². The Morgan fingerprint density at radius 1 is 1.13 bits per heavy atom. The predicted molar refractivity (Wildman–Crippen MR) is 127 cm³/mol. The second kappa shape index (κ2) is 9.24. The second-order valence-corrected chi connectivity index (χ2v) is 9.64. The minimum Gasteiger partial charge on any atom is -0.341 e. The summed E-state index contributed by atoms with van der Waals surface area (Å²) in [6.45, 7) is 6.27. The van der Waals surface area contributed by atoms with Crippen LogP contribution in [0.25, 0.3) is 0 Å². The number of ketones is 1. The molecule has 5 nitrogen and oxygen atoms in total. The van der Waals surface area contributed by atoms with Gasteiger partial charge in [-0.05, 0) is 43.8 Å². The standard InChI is InChI=1S/C24H26N4OS2/c1-16-13-21(18(3)28(16)17(2)19-9-6-5-7-10-19)22(29)15-31-24-26-25-23(27(24)4)14-20-11-8-12-30-20/h5-13,17H,14-15H2,1-4H3. The van der Waals surface area contributed by atoms with E-state index in [4.69, 9.17) is 0 Å². The largest absolute Gasteiger partial charge is 0.341 e. The average Bonchev–Trinajstić information content (AvgIpc) is 3.48. The van der Waals surface area contributed by atoms with Crippen LogP contribution in [0.4, 0.5) is 0 Å². The molecule has 0 bridgehead atoms. The third kappa shape index (κ3) is 4.52. The zero-order chi connectivity index (χ0) is 22.0. The maximum Gasteiger partial charge on any atom is 0.191 e. The summed E-state index contributed by atoms with van der Waals surface area (Å²) in [4.78, 5) is 14.3. The van der Waals surface area contributed by atoms with Crippen LogP contribution in [-0.4, -0.2) is 30.9 Å². The van der Waals surface area contributed by atoms with Crippen LogP contribution in [0.15, 0.2) is 59.1 Å². The first-order chi connectivity index (χ1) is 15.0. The van der Waals surface area contributed by atoms with Crippen LogP contribution >= 0.6 is 23.1 Å². The van der Waals surface area contributed by atoms with Crippen LogP contribution < -0.4 is 0 Å². The van der Waals surface area contributed by atoms with Crippen LogP contribution in [-0.2, 0) is 13.5 Å². The minimum atomic E-state index is 0.118. The molecule has 1 unspecified atom stereocenters. The number of hydrogen-bond donors (Lipinski definition) is 0. The molecule has 0 N–H and O–H groups in total. The predicted octanol–water partition coefficient (Wildman–Crippen LogP) is 5.47. The van der Waals surface area contributed by atoms with Crippen LogP contribution in [0.5, 0.6) is 0 Å². The van der Waals surface area contributed by atoms with Gasteiger partial charge in [0.05, 0.1) is 11.8 Å². The fraction of sp³-hybridized carbons (Fsp3) is 0.292. The molecule has 1 atom stereocenters. The smallest absolute Gasteiger partial charge is 0.191 e. The molecule has 3 aromatic heterocycles. The summed E-state index contributed by atoms with van der Waals surface area (Å²) >= 11 is 3.16. The van der Waals surface area contributed by atoms with Gasteiger partial charge in [-0.2, -0.15) is 0 Å². The lowest BCUT2D eigenvalue weighted by Crippen LogP contribution is -2.12. The highest BCUT2D eigenvalue weighted by Crippen LogP contribution is 2.27. The lowest BCUT2D eigenvalue weighted by Gasteiger charge is -2.19. The van der Waals surface area contributed by atoms with Gasteiger partial charge in [-0.15, -0.1) is 21.5 Å². The molecule has 0 amide bonds. The summed E-state index contributed by atoms with van der Waals surface area (Å²) < 4.78 is 4.23. The average molecular weight is 451 g/mol. The number of thioether (sulfide) groups is 1. The lowest BCUT2D eigenvalue weighted by atomic mass is 10.1. The van der Waals surface area contributed by atoms with E-state index in [1.807, 2.05) is 36.7 Å². The van der Waals surface area contributed by atoms with E-state index in [0.717, 1.165) is 34.4 Å². The van der Waals surface area contributed by atoms with E-state index in [-0.39, 0.29) is 11.8 Å². The highest BCUT2D eigenvalue weighted by Gasteiger charge is 2.20. The summed E-state index contributed by atoms with van der Waals surface area (Å²) in [6, 6.07) is 16.7. The Balaban J connectivity index is 1.47. The Kier molecular flexibility index (Phi) is 6.43. The second-order valence-electron chi connectivity index (χ2n) is 7.67. The molecule has 0 aliphatic heterocycles. The van der Waals surface area contributed by atoms with Crippen LogP contribution in [0.2, 0.25) is 0 Å². The van der Waals surface area contributed by atoms with Crippen molar-refractivity contribution in [2.45, 2.75) is 38.4 Å². The third-order valence-corrected chi connectivity index (χ3v) is 7.52. The van der Waals surface area contributed by atoms with Crippen molar-refractivity contribution >= 4 is 28.9 Å². The van der Waals surface area contributed by atoms with Gasteiger partial charge in [-0.3, -0.25) is 4.79 Å². The van der Waals surface area contributed by atoms with Crippen LogP contribution in [0.3, 0.4) is 0 Å². The summed E-state index contributed by atoms with van der Waals surface area (Å²) in [6.07, 6.45) is 0.758. The summed E-state index contributed by atoms with van der Waals surface area (Å²) in [7, 11) is 1.96. The van der Waals surface area contributed by atoms with Crippen molar-refractivity contribution in [2.75, 3.05) is 5.75 Å². The Morgan fingerprint density at radius 3 is 2.61 bits per heavy atom. The molecule has 0 saturated heterocycles. The summed E-state index contributed by atoms with van der Waals surface area (Å²) in [5.74, 6) is 1.37. The number of nitrogens with zero attached hydrogens (tertiary/aromatic N) is 4. The van der Waals surface area contributed by atoms with Crippen LogP contribution in [0, 0.1) is 13.8 Å². The maximum atomic E-state index is 13.0. The number of carbonyl (C=O) groups is 1. The van der Waals surface area contributed by atoms with Crippen molar-refractivity contribution in [1.29, 1.82) is 0 Å². The molecule has 0 radical (unpaired) electrons. The normalized spacial score (nSPS) is 12.3. The van der Waals surface area contributed by atoms with Crippen molar-refractivity contribution in [1.82, 2.24) is 19.3 Å². The maximum absolute atomic E-state index is 13.0. The minimum absolute atomic E-state index is 0.118. The van der Waals surface area contributed by atoms with Gasteiger partial charge >= 0.3 is 0 Å². The van der Waals surface area contributed by atoms with Gasteiger partial charge in [0.25, 0.3) is 0 Å². The summed E-state index contributed by atoms with van der Waals surface area (Å²) in [5, 5.41) is 11.4. The van der Waals surface area contributed by atoms with Crippen molar-refractivity contribution in [3.05, 3.63) is 87.1 Å². The highest BCUT2D eigenvalue weighted by molar-refractivity contribution is 7.99. The molecule has 0 spiro atoms. The number of benzene rings is 1. The van der Waals surface area contributed by atoms with Crippen molar-refractivity contribution in [3.63, 3.8) is 0 Å². The quantitative estimate of drug-likeness (QED) is 0.264. The number of aromatic nitrogens is 4. The van der Waals surface area contributed by atoms with Gasteiger partial charge in [0.1, 0.15) is 5.82 Å². The molecule has 4 aromatic rings. The Morgan fingerprint density at radius 2 is 1.90 bits per heavy atom. The molecule has 0 fully saturated rings. The van der Waals surface area contributed by atoms with E-state index in [2.05, 4.69) is 64.3 Å². The number of rotatable bonds is 8. The molecule has 31 heavy (non-hydrogen) atoms. The molecule has 1 aromatic carbocycles. The monoisotopic (exact) mass is 450 g/mol. The number of Topliss-reactive ketones (excluding diaryl/α,β-unsaturated/α-hetero) is 1. The SMILES string of the molecule is Cc1cc(C(=O)CSc2nnc(Cc3cccs3)n2C)c(C)n1C(C)c1ccccc1. The zero-order valence-corrected chi connectivity index (χ0v) is 19.8. The number of carbonyl (C=O) groups excluding carboxylic acids is 1. The van der Waals surface area contributed by atoms with E-state index in [9.17, 15) is 4.79 Å². The zero-order valence-electron chi connectivity index (χ0n) is 18.2. The van der Waals surface area contributed by atoms with E-state index < -0.39 is 0 Å². The van der Waals surface area contributed by atoms with E-state index in [1.54, 1.807) is 11.3 Å². The molecule has 160 valence electrons. The van der Waals surface area contributed by atoms with Crippen molar-refractivity contribution in [3.8, 4) is 0 Å². The van der Waals surface area contributed by atoms with E-state index in [1.165, 1.54) is 22.2 Å². The lowest BCUT2D eigenvalue weighted by molar-refractivity contribution is 0.102. The molecule has 3 heterocycles. The van der Waals surface area contributed by atoms with Gasteiger partial charge < -0.3 is 9.13 Å². The Hall–Kier alpha value is -2.64.